The Balaban J connectivity index is 1.31. The summed E-state index contributed by atoms with van der Waals surface area (Å²) in [5, 5.41) is 8.79. The number of aryl methyl sites for hydroxylation is 3. The van der Waals surface area contributed by atoms with Crippen molar-refractivity contribution in [1.29, 1.82) is 0 Å². The molecule has 2 aromatic carbocycles. The van der Waals surface area contributed by atoms with Gasteiger partial charge in [0.2, 0.25) is 5.91 Å². The molecule has 3 aliphatic heterocycles. The second-order valence-corrected chi connectivity index (χ2v) is 14.4. The first-order valence-corrected chi connectivity index (χ1v) is 18.7. The van der Waals surface area contributed by atoms with Gasteiger partial charge in [-0.3, -0.25) is 19.1 Å². The lowest BCUT2D eigenvalue weighted by Gasteiger charge is -2.23. The number of carbonyl (C=O) groups excluding carboxylic acids is 3. The maximum Gasteiger partial charge on any atom is 0.245 e. The monoisotopic (exact) mass is 696 g/mol. The van der Waals surface area contributed by atoms with Gasteiger partial charge in [0, 0.05) is 25.2 Å². The van der Waals surface area contributed by atoms with Gasteiger partial charge in [-0.25, -0.2) is 8.78 Å². The van der Waals surface area contributed by atoms with Crippen LogP contribution in [0, 0.1) is 5.82 Å². The number of amides is 1. The number of nitrogens with zero attached hydrogens (tertiary/aromatic N) is 3. The van der Waals surface area contributed by atoms with E-state index in [1.54, 1.807) is 12.1 Å². The third-order valence-corrected chi connectivity index (χ3v) is 10.3. The number of benzene rings is 2. The van der Waals surface area contributed by atoms with Gasteiger partial charge in [0.1, 0.15) is 24.2 Å². The molecule has 7 nitrogen and oxygen atoms in total. The summed E-state index contributed by atoms with van der Waals surface area (Å²) in [5.74, 6) is -1.49. The predicted molar refractivity (Wildman–Crippen MR) is 191 cm³/mol. The highest BCUT2D eigenvalue weighted by atomic mass is 35.5. The van der Waals surface area contributed by atoms with E-state index in [9.17, 15) is 18.8 Å². The summed E-state index contributed by atoms with van der Waals surface area (Å²) in [5.41, 5.74) is 3.35. The van der Waals surface area contributed by atoms with Gasteiger partial charge < -0.3 is 10.2 Å². The van der Waals surface area contributed by atoms with E-state index in [4.69, 9.17) is 11.6 Å². The molecule has 0 spiro atoms. The van der Waals surface area contributed by atoms with E-state index in [1.165, 1.54) is 61.5 Å². The zero-order valence-corrected chi connectivity index (χ0v) is 29.6. The number of nitrogens with one attached hydrogen (secondary N) is 1. The lowest BCUT2D eigenvalue weighted by atomic mass is 9.98. The molecule has 3 aliphatic rings. The molecule has 49 heavy (non-hydrogen) atoms. The van der Waals surface area contributed by atoms with E-state index in [0.29, 0.717) is 16.5 Å². The van der Waals surface area contributed by atoms with E-state index in [2.05, 4.69) is 10.4 Å². The Labute approximate surface area is 294 Å². The van der Waals surface area contributed by atoms with E-state index in [0.717, 1.165) is 62.7 Å². The van der Waals surface area contributed by atoms with Crippen LogP contribution in [0.5, 0.6) is 0 Å². The molecular weight excluding hydrogens is 646 g/mol. The van der Waals surface area contributed by atoms with Gasteiger partial charge in [-0.15, -0.1) is 0 Å². The van der Waals surface area contributed by atoms with E-state index in [-0.39, 0.29) is 54.6 Å². The fourth-order valence-electron chi connectivity index (χ4n) is 7.33. The molecule has 266 valence electrons. The summed E-state index contributed by atoms with van der Waals surface area (Å²) in [6.45, 7) is 3.06. The molecule has 2 atom stereocenters. The Kier molecular flexibility index (Phi) is 13.8. The minimum atomic E-state index is -1.34. The zero-order valence-electron chi connectivity index (χ0n) is 28.9. The largest absolute Gasteiger partial charge is 0.328 e. The predicted octanol–water partition coefficient (Wildman–Crippen LogP) is 8.15. The van der Waals surface area contributed by atoms with Gasteiger partial charge in [-0.05, 0) is 92.9 Å². The Morgan fingerprint density at radius 2 is 1.51 bits per heavy atom. The molecule has 0 aliphatic carbocycles. The van der Waals surface area contributed by atoms with Crippen molar-refractivity contribution >= 4 is 40.0 Å². The van der Waals surface area contributed by atoms with Crippen LogP contribution in [0.25, 0.3) is 10.9 Å². The van der Waals surface area contributed by atoms with Crippen LogP contribution in [0.2, 0.25) is 5.02 Å². The summed E-state index contributed by atoms with van der Waals surface area (Å²) in [4.78, 5) is 40.9. The molecule has 1 amide bonds. The number of fused-ring (bicyclic) bond motifs is 19. The maximum atomic E-state index is 15.0. The number of ketones is 2. The van der Waals surface area contributed by atoms with Crippen LogP contribution in [-0.4, -0.2) is 64.0 Å². The summed E-state index contributed by atoms with van der Waals surface area (Å²) < 4.78 is 31.3. The number of carbonyl (C=O) groups is 3. The maximum absolute atomic E-state index is 15.0. The smallest absolute Gasteiger partial charge is 0.245 e. The quantitative estimate of drug-likeness (QED) is 0.260. The Hall–Kier alpha value is -3.17. The van der Waals surface area contributed by atoms with Gasteiger partial charge in [0.05, 0.1) is 23.1 Å². The first-order valence-electron chi connectivity index (χ1n) is 18.4. The van der Waals surface area contributed by atoms with Crippen molar-refractivity contribution in [3.8, 4) is 0 Å². The standard InChI is InChI=1S/C39H51ClF2N4O3/c1-27(47)39-32-22-28-13-10-12-20-43-19-11-8-6-4-2-3-5-7-9-14-29-21-30(38(42)33(40)23-29)16-18-36(48)35-24-31(41)25-45(35)37(49)26-46(44-39)34(32)17-15-28/h15,17,21-23,31,35,43H,2-14,16,18-20,24-26H2,1H3/t31-,35+/m1/s1. The number of hydrogen-bond donors (Lipinski definition) is 1. The van der Waals surface area contributed by atoms with Crippen LogP contribution in [0.1, 0.15) is 118 Å². The average molecular weight is 697 g/mol. The van der Waals surface area contributed by atoms with Crippen molar-refractivity contribution in [2.75, 3.05) is 19.6 Å². The molecule has 1 N–H and O–H groups in total. The fraction of sp³-hybridized carbons (Fsp3) is 0.590. The SMILES string of the molecule is CC(=O)c1nn2c3ccc(cc13)CCCCNCCCCCCCCCCCc1cc(Cl)c(F)c(c1)CCC(=O)[C@@H]1C[C@@H](F)CN1C(=O)C2. The van der Waals surface area contributed by atoms with Gasteiger partial charge in [-0.2, -0.15) is 5.10 Å². The van der Waals surface area contributed by atoms with Crippen molar-refractivity contribution in [2.45, 2.75) is 128 Å². The third kappa shape index (κ3) is 10.2. The van der Waals surface area contributed by atoms with Gasteiger partial charge in [0.15, 0.2) is 11.6 Å². The van der Waals surface area contributed by atoms with Gasteiger partial charge in [0.25, 0.3) is 0 Å². The second-order valence-electron chi connectivity index (χ2n) is 14.0. The zero-order chi connectivity index (χ0) is 34.8. The number of alkyl halides is 1. The number of hydrogen-bond acceptors (Lipinski definition) is 5. The molecule has 1 fully saturated rings. The normalized spacial score (nSPS) is 21.9. The van der Waals surface area contributed by atoms with Crippen molar-refractivity contribution in [2.24, 2.45) is 0 Å². The lowest BCUT2D eigenvalue weighted by molar-refractivity contribution is -0.138. The number of aromatic nitrogens is 2. The third-order valence-electron chi connectivity index (χ3n) is 10.1. The summed E-state index contributed by atoms with van der Waals surface area (Å²) in [6.07, 6.45) is 13.1. The molecule has 6 rings (SSSR count). The first kappa shape index (κ1) is 37.1. The molecular formula is C39H51ClF2N4O3. The molecule has 0 saturated carbocycles. The molecule has 6 bridgehead atoms. The van der Waals surface area contributed by atoms with Gasteiger partial charge >= 0.3 is 0 Å². The van der Waals surface area contributed by atoms with Crippen molar-refractivity contribution < 1.29 is 23.2 Å². The molecule has 10 heteroatoms. The Morgan fingerprint density at radius 3 is 2.24 bits per heavy atom. The molecule has 1 aromatic heterocycles. The van der Waals surface area contributed by atoms with Crippen LogP contribution in [0.4, 0.5) is 8.78 Å². The molecule has 0 unspecified atom stereocenters. The lowest BCUT2D eigenvalue weighted by Crippen LogP contribution is -2.42. The molecule has 3 aromatic rings. The fourth-order valence-corrected chi connectivity index (χ4v) is 7.59. The number of rotatable bonds is 1. The van der Waals surface area contributed by atoms with Crippen molar-refractivity contribution in [3.63, 3.8) is 0 Å². The van der Waals surface area contributed by atoms with Crippen molar-refractivity contribution in [1.82, 2.24) is 20.0 Å². The van der Waals surface area contributed by atoms with Gasteiger partial charge in [-0.1, -0.05) is 68.7 Å². The summed E-state index contributed by atoms with van der Waals surface area (Å²) in [6, 6.07) is 8.39. The molecule has 1 saturated heterocycles. The highest BCUT2D eigenvalue weighted by Gasteiger charge is 2.39. The Morgan fingerprint density at radius 1 is 0.857 bits per heavy atom. The van der Waals surface area contributed by atoms with E-state index < -0.39 is 23.9 Å². The van der Waals surface area contributed by atoms with Crippen molar-refractivity contribution in [3.05, 3.63) is 63.6 Å². The Bertz CT molecular complexity index is 1610. The second kappa shape index (κ2) is 18.2. The van der Waals surface area contributed by atoms with Crippen LogP contribution < -0.4 is 5.32 Å². The van der Waals surface area contributed by atoms with Crippen LogP contribution >= 0.6 is 11.6 Å². The minimum absolute atomic E-state index is 0.0319. The molecule has 0 radical (unpaired) electrons. The average Bonchev–Trinajstić information content (AvgIpc) is 3.65. The number of halogens is 3. The first-order chi connectivity index (χ1) is 23.7. The van der Waals surface area contributed by atoms with E-state index >= 15 is 4.39 Å². The van der Waals surface area contributed by atoms with E-state index in [1.807, 2.05) is 18.2 Å². The summed E-state index contributed by atoms with van der Waals surface area (Å²) in [7, 11) is 0. The highest BCUT2D eigenvalue weighted by Crippen LogP contribution is 2.28. The highest BCUT2D eigenvalue weighted by molar-refractivity contribution is 6.30. The van der Waals surface area contributed by atoms with Crippen LogP contribution in [0.3, 0.4) is 0 Å². The van der Waals surface area contributed by atoms with Crippen LogP contribution in [0.15, 0.2) is 30.3 Å². The molecule has 4 heterocycles. The number of Topliss-reactive ketones (excluding diaryl/α,β-unsaturated/α-hetero) is 2. The minimum Gasteiger partial charge on any atom is -0.328 e. The summed E-state index contributed by atoms with van der Waals surface area (Å²) >= 11 is 6.26. The topological polar surface area (TPSA) is 84.3 Å². The van der Waals surface area contributed by atoms with Crippen LogP contribution in [-0.2, 0) is 35.4 Å².